The summed E-state index contributed by atoms with van der Waals surface area (Å²) in [6, 6.07) is 0.520. The summed E-state index contributed by atoms with van der Waals surface area (Å²) < 4.78 is 4.93. The molecule has 1 heterocycles. The zero-order chi connectivity index (χ0) is 11.6. The van der Waals surface area contributed by atoms with Gasteiger partial charge in [0, 0.05) is 12.6 Å². The molecule has 1 aliphatic heterocycles. The van der Waals surface area contributed by atoms with Gasteiger partial charge in [-0.2, -0.15) is 0 Å². The number of hydrogen-bond acceptors (Lipinski definition) is 4. The summed E-state index contributed by atoms with van der Waals surface area (Å²) in [6.45, 7) is 4.96. The van der Waals surface area contributed by atoms with Crippen LogP contribution in [0.5, 0.6) is 0 Å². The molecule has 0 bridgehead atoms. The average molecular weight is 226 g/mol. The second-order valence-electron chi connectivity index (χ2n) is 5.23. The van der Waals surface area contributed by atoms with Crippen molar-refractivity contribution in [1.82, 2.24) is 10.2 Å². The van der Waals surface area contributed by atoms with Crippen LogP contribution in [0, 0.1) is 0 Å². The summed E-state index contributed by atoms with van der Waals surface area (Å²) >= 11 is 0. The van der Waals surface area contributed by atoms with Crippen molar-refractivity contribution in [3.8, 4) is 0 Å². The van der Waals surface area contributed by atoms with E-state index in [2.05, 4.69) is 10.2 Å². The van der Waals surface area contributed by atoms with E-state index in [1.54, 1.807) is 0 Å². The van der Waals surface area contributed by atoms with Crippen LogP contribution in [0.25, 0.3) is 0 Å². The van der Waals surface area contributed by atoms with Crippen molar-refractivity contribution >= 4 is 5.97 Å². The first-order valence-corrected chi connectivity index (χ1v) is 6.22. The van der Waals surface area contributed by atoms with Gasteiger partial charge in [0.2, 0.25) is 0 Å². The minimum absolute atomic E-state index is 0.133. The summed E-state index contributed by atoms with van der Waals surface area (Å²) in [6.07, 6.45) is 4.88. The molecule has 0 aromatic heterocycles. The lowest BCUT2D eigenvalue weighted by Crippen LogP contribution is -2.57. The van der Waals surface area contributed by atoms with Gasteiger partial charge < -0.3 is 9.64 Å². The quantitative estimate of drug-likeness (QED) is 0.703. The number of ether oxygens (including phenoxy) is 1. The van der Waals surface area contributed by atoms with Crippen molar-refractivity contribution in [2.75, 3.05) is 26.7 Å². The minimum atomic E-state index is -0.528. The predicted molar refractivity (Wildman–Crippen MR) is 62.3 cm³/mol. The number of carbonyl (C=O) groups excluding carboxylic acids is 1. The third kappa shape index (κ3) is 2.74. The molecular formula is C12H22N2O2. The second-order valence-corrected chi connectivity index (χ2v) is 5.23. The highest BCUT2D eigenvalue weighted by molar-refractivity contribution is 5.80. The van der Waals surface area contributed by atoms with Crippen LogP contribution in [0.2, 0.25) is 0 Å². The van der Waals surface area contributed by atoms with E-state index in [1.807, 2.05) is 6.92 Å². The molecule has 1 unspecified atom stereocenters. The molecule has 4 nitrogen and oxygen atoms in total. The van der Waals surface area contributed by atoms with Gasteiger partial charge in [0.05, 0.1) is 7.11 Å². The van der Waals surface area contributed by atoms with Crippen LogP contribution >= 0.6 is 0 Å². The van der Waals surface area contributed by atoms with E-state index in [1.165, 1.54) is 32.8 Å². The summed E-state index contributed by atoms with van der Waals surface area (Å²) in [5.74, 6) is -0.133. The number of likely N-dealkylation sites (tertiary alicyclic amines) is 1. The lowest BCUT2D eigenvalue weighted by Gasteiger charge is -2.32. The minimum Gasteiger partial charge on any atom is -0.468 e. The molecule has 0 radical (unpaired) electrons. The van der Waals surface area contributed by atoms with Gasteiger partial charge in [-0.3, -0.25) is 10.1 Å². The fourth-order valence-corrected chi connectivity index (χ4v) is 2.46. The molecule has 92 valence electrons. The van der Waals surface area contributed by atoms with Crippen molar-refractivity contribution in [2.45, 2.75) is 44.2 Å². The molecule has 0 spiro atoms. The van der Waals surface area contributed by atoms with Crippen molar-refractivity contribution in [3.05, 3.63) is 0 Å². The van der Waals surface area contributed by atoms with Crippen molar-refractivity contribution in [2.24, 2.45) is 0 Å². The Balaban J connectivity index is 1.96. The average Bonchev–Trinajstić information content (AvgIpc) is 2.91. The molecule has 2 fully saturated rings. The van der Waals surface area contributed by atoms with E-state index in [9.17, 15) is 4.79 Å². The maximum absolute atomic E-state index is 11.9. The third-order valence-electron chi connectivity index (χ3n) is 3.47. The Kier molecular flexibility index (Phi) is 3.50. The lowest BCUT2D eigenvalue weighted by molar-refractivity contribution is -0.148. The van der Waals surface area contributed by atoms with E-state index < -0.39 is 5.54 Å². The van der Waals surface area contributed by atoms with Gasteiger partial charge in [0.15, 0.2) is 0 Å². The third-order valence-corrected chi connectivity index (χ3v) is 3.47. The number of nitrogens with one attached hydrogen (secondary N) is 1. The van der Waals surface area contributed by atoms with E-state index in [-0.39, 0.29) is 5.97 Å². The summed E-state index contributed by atoms with van der Waals surface area (Å²) in [4.78, 5) is 14.2. The first-order valence-electron chi connectivity index (χ1n) is 6.22. The molecule has 2 aliphatic rings. The fourth-order valence-electron chi connectivity index (χ4n) is 2.46. The number of hydrogen-bond donors (Lipinski definition) is 1. The first-order chi connectivity index (χ1) is 7.64. The van der Waals surface area contributed by atoms with Crippen molar-refractivity contribution in [1.29, 1.82) is 0 Å². The van der Waals surface area contributed by atoms with Gasteiger partial charge in [0.1, 0.15) is 5.54 Å². The van der Waals surface area contributed by atoms with Crippen molar-refractivity contribution in [3.63, 3.8) is 0 Å². The fraction of sp³-hybridized carbons (Fsp3) is 0.917. The Morgan fingerprint density at radius 3 is 2.56 bits per heavy atom. The zero-order valence-electron chi connectivity index (χ0n) is 10.3. The van der Waals surface area contributed by atoms with Crippen LogP contribution in [-0.2, 0) is 9.53 Å². The van der Waals surface area contributed by atoms with Crippen molar-refractivity contribution < 1.29 is 9.53 Å². The summed E-state index contributed by atoms with van der Waals surface area (Å²) in [7, 11) is 1.47. The predicted octanol–water partition coefficient (Wildman–Crippen LogP) is 0.766. The highest BCUT2D eigenvalue weighted by Gasteiger charge is 2.40. The molecular weight excluding hydrogens is 204 g/mol. The molecule has 4 heteroatoms. The molecule has 1 saturated heterocycles. The summed E-state index contributed by atoms with van der Waals surface area (Å²) in [5, 5.41) is 3.43. The SMILES string of the molecule is COC(=O)C(C)(CN1CCCC1)NC1CC1. The van der Waals surface area contributed by atoms with Gasteiger partial charge in [-0.25, -0.2) is 0 Å². The largest absolute Gasteiger partial charge is 0.468 e. The van der Waals surface area contributed by atoms with Gasteiger partial charge in [0.25, 0.3) is 0 Å². The maximum atomic E-state index is 11.9. The Morgan fingerprint density at radius 2 is 2.06 bits per heavy atom. The molecule has 16 heavy (non-hydrogen) atoms. The number of esters is 1. The van der Waals surface area contributed by atoms with Crippen LogP contribution in [0.3, 0.4) is 0 Å². The smallest absolute Gasteiger partial charge is 0.327 e. The molecule has 0 aromatic carbocycles. The first kappa shape index (κ1) is 11.9. The monoisotopic (exact) mass is 226 g/mol. The highest BCUT2D eigenvalue weighted by atomic mass is 16.5. The van der Waals surface area contributed by atoms with E-state index in [0.717, 1.165) is 19.6 Å². The molecule has 0 amide bonds. The number of nitrogens with zero attached hydrogens (tertiary/aromatic N) is 1. The summed E-state index contributed by atoms with van der Waals surface area (Å²) in [5.41, 5.74) is -0.528. The van der Waals surface area contributed by atoms with E-state index in [0.29, 0.717) is 6.04 Å². The van der Waals surface area contributed by atoms with Crippen LogP contribution in [-0.4, -0.2) is 49.2 Å². The Bertz CT molecular complexity index is 260. The topological polar surface area (TPSA) is 41.6 Å². The van der Waals surface area contributed by atoms with Crippen LogP contribution in [0.1, 0.15) is 32.6 Å². The van der Waals surface area contributed by atoms with Gasteiger partial charge in [-0.05, 0) is 45.7 Å². The normalized spacial score (nSPS) is 25.4. The molecule has 1 N–H and O–H groups in total. The molecule has 1 saturated carbocycles. The molecule has 2 rings (SSSR count). The highest BCUT2D eigenvalue weighted by Crippen LogP contribution is 2.24. The number of methoxy groups -OCH3 is 1. The Morgan fingerprint density at radius 1 is 1.44 bits per heavy atom. The number of carbonyl (C=O) groups is 1. The standard InChI is InChI=1S/C12H22N2O2/c1-12(11(15)16-2,13-10-5-6-10)9-14-7-3-4-8-14/h10,13H,3-9H2,1-2H3. The zero-order valence-corrected chi connectivity index (χ0v) is 10.3. The van der Waals surface area contributed by atoms with Gasteiger partial charge in [-0.1, -0.05) is 0 Å². The number of rotatable bonds is 5. The van der Waals surface area contributed by atoms with Crippen LogP contribution in [0.15, 0.2) is 0 Å². The van der Waals surface area contributed by atoms with Crippen LogP contribution < -0.4 is 5.32 Å². The molecule has 1 aliphatic carbocycles. The molecule has 0 aromatic rings. The van der Waals surface area contributed by atoms with Gasteiger partial charge >= 0.3 is 5.97 Å². The van der Waals surface area contributed by atoms with E-state index in [4.69, 9.17) is 4.74 Å². The molecule has 1 atom stereocenters. The Labute approximate surface area is 97.3 Å². The van der Waals surface area contributed by atoms with Gasteiger partial charge in [-0.15, -0.1) is 0 Å². The Hall–Kier alpha value is -0.610. The van der Waals surface area contributed by atoms with Crippen LogP contribution in [0.4, 0.5) is 0 Å². The lowest BCUT2D eigenvalue weighted by atomic mass is 10.0. The van der Waals surface area contributed by atoms with E-state index >= 15 is 0 Å². The maximum Gasteiger partial charge on any atom is 0.327 e. The second kappa shape index (κ2) is 4.72.